The maximum Gasteiger partial charge on any atom is 0.149 e. The largest absolute Gasteiger partial charge is 0.479 e. The van der Waals surface area contributed by atoms with Crippen LogP contribution in [0.1, 0.15) is 26.3 Å². The molecule has 0 spiro atoms. The minimum absolute atomic E-state index is 0.375. The second-order valence-corrected chi connectivity index (χ2v) is 4.42. The fourth-order valence-corrected chi connectivity index (χ4v) is 1.54. The highest BCUT2D eigenvalue weighted by Gasteiger charge is 2.03. The molecule has 0 atom stereocenters. The summed E-state index contributed by atoms with van der Waals surface area (Å²) in [5.41, 5.74) is 1.15. The Hall–Kier alpha value is -1.17. The molecule has 0 saturated heterocycles. The van der Waals surface area contributed by atoms with Crippen molar-refractivity contribution in [3.8, 4) is 17.6 Å². The van der Waals surface area contributed by atoms with Gasteiger partial charge in [0.1, 0.15) is 12.4 Å². The molecule has 0 aliphatic rings. The van der Waals surface area contributed by atoms with E-state index >= 15 is 0 Å². The lowest BCUT2D eigenvalue weighted by Crippen LogP contribution is -2.21. The first-order chi connectivity index (χ1) is 8.13. The van der Waals surface area contributed by atoms with Crippen molar-refractivity contribution < 1.29 is 4.74 Å². The second kappa shape index (κ2) is 7.21. The van der Waals surface area contributed by atoms with Gasteiger partial charge in [-0.05, 0) is 24.6 Å². The Balaban J connectivity index is 2.61. The highest BCUT2D eigenvalue weighted by Crippen LogP contribution is 2.25. The summed E-state index contributed by atoms with van der Waals surface area (Å²) in [6.07, 6.45) is 0. The molecule has 1 rings (SSSR count). The summed E-state index contributed by atoms with van der Waals surface area (Å²) in [7, 11) is 0. The van der Waals surface area contributed by atoms with Crippen LogP contribution in [0.5, 0.6) is 5.75 Å². The van der Waals surface area contributed by atoms with Gasteiger partial charge in [0.25, 0.3) is 0 Å². The Morgan fingerprint density at radius 2 is 2.18 bits per heavy atom. The molecule has 0 radical (unpaired) electrons. The van der Waals surface area contributed by atoms with E-state index in [-0.39, 0.29) is 0 Å². The van der Waals surface area contributed by atoms with Crippen molar-refractivity contribution in [2.24, 2.45) is 0 Å². The molecule has 3 heteroatoms. The van der Waals surface area contributed by atoms with Crippen molar-refractivity contribution in [3.05, 3.63) is 28.8 Å². The minimum atomic E-state index is 0.375. The van der Waals surface area contributed by atoms with Crippen LogP contribution in [0, 0.1) is 11.8 Å². The molecule has 0 saturated carbocycles. The van der Waals surface area contributed by atoms with E-state index in [4.69, 9.17) is 16.3 Å². The Kier molecular flexibility index (Phi) is 5.90. The van der Waals surface area contributed by atoms with Gasteiger partial charge in [0.05, 0.1) is 5.02 Å². The zero-order valence-corrected chi connectivity index (χ0v) is 11.3. The summed E-state index contributed by atoms with van der Waals surface area (Å²) in [6, 6.07) is 6.28. The Labute approximate surface area is 108 Å². The van der Waals surface area contributed by atoms with Gasteiger partial charge in [0, 0.05) is 12.6 Å². The van der Waals surface area contributed by atoms with Crippen LogP contribution in [0.4, 0.5) is 0 Å². The molecule has 0 aliphatic carbocycles. The maximum atomic E-state index is 6.12. The second-order valence-electron chi connectivity index (χ2n) is 4.02. The molecule has 1 aromatic rings. The topological polar surface area (TPSA) is 21.3 Å². The zero-order chi connectivity index (χ0) is 12.7. The van der Waals surface area contributed by atoms with Gasteiger partial charge in [-0.15, -0.1) is 5.92 Å². The number of hydrogen-bond donors (Lipinski definition) is 1. The molecule has 1 N–H and O–H groups in total. The third-order valence-electron chi connectivity index (χ3n) is 2.19. The number of hydrogen-bond acceptors (Lipinski definition) is 2. The molecule has 0 amide bonds. The molecule has 0 aromatic heterocycles. The number of benzene rings is 1. The zero-order valence-electron chi connectivity index (χ0n) is 10.5. The van der Waals surface area contributed by atoms with Crippen molar-refractivity contribution in [1.82, 2.24) is 5.32 Å². The van der Waals surface area contributed by atoms with E-state index in [9.17, 15) is 0 Å². The van der Waals surface area contributed by atoms with Gasteiger partial charge in [0.2, 0.25) is 0 Å². The molecule has 0 fully saturated rings. The SMILES string of the molecule is CC#CCOc1ccc(CNC(C)C)cc1Cl. The van der Waals surface area contributed by atoms with Gasteiger partial charge in [-0.2, -0.15) is 0 Å². The summed E-state index contributed by atoms with van der Waals surface area (Å²) in [4.78, 5) is 0. The molecular formula is C14H18ClNO. The van der Waals surface area contributed by atoms with E-state index in [1.54, 1.807) is 6.92 Å². The lowest BCUT2D eigenvalue weighted by atomic mass is 10.2. The van der Waals surface area contributed by atoms with E-state index in [1.807, 2.05) is 18.2 Å². The number of halogens is 1. The monoisotopic (exact) mass is 251 g/mol. The first-order valence-electron chi connectivity index (χ1n) is 5.67. The van der Waals surface area contributed by atoms with Gasteiger partial charge < -0.3 is 10.1 Å². The van der Waals surface area contributed by atoms with Crippen LogP contribution in [0.2, 0.25) is 5.02 Å². The van der Waals surface area contributed by atoms with E-state index in [0.29, 0.717) is 23.4 Å². The normalized spacial score (nSPS) is 9.94. The fourth-order valence-electron chi connectivity index (χ4n) is 1.28. The minimum Gasteiger partial charge on any atom is -0.479 e. The summed E-state index contributed by atoms with van der Waals surface area (Å²) >= 11 is 6.12. The van der Waals surface area contributed by atoms with E-state index in [0.717, 1.165) is 12.1 Å². The molecule has 0 unspecified atom stereocenters. The van der Waals surface area contributed by atoms with Crippen molar-refractivity contribution in [1.29, 1.82) is 0 Å². The summed E-state index contributed by atoms with van der Waals surface area (Å²) < 4.78 is 5.43. The van der Waals surface area contributed by atoms with Gasteiger partial charge in [-0.1, -0.05) is 37.4 Å². The first-order valence-corrected chi connectivity index (χ1v) is 6.05. The fraction of sp³-hybridized carbons (Fsp3) is 0.429. The van der Waals surface area contributed by atoms with Gasteiger partial charge >= 0.3 is 0 Å². The number of ether oxygens (including phenoxy) is 1. The van der Waals surface area contributed by atoms with Crippen molar-refractivity contribution in [2.45, 2.75) is 33.4 Å². The standard InChI is InChI=1S/C14H18ClNO/c1-4-5-8-17-14-7-6-12(9-13(14)15)10-16-11(2)3/h6-7,9,11,16H,8,10H2,1-3H3. The summed E-state index contributed by atoms with van der Waals surface area (Å²) in [5.74, 6) is 6.29. The Morgan fingerprint density at radius 3 is 2.76 bits per heavy atom. The summed E-state index contributed by atoms with van der Waals surface area (Å²) in [6.45, 7) is 7.20. The van der Waals surface area contributed by atoms with Gasteiger partial charge in [-0.25, -0.2) is 0 Å². The van der Waals surface area contributed by atoms with Gasteiger partial charge in [-0.3, -0.25) is 0 Å². The summed E-state index contributed by atoms with van der Waals surface area (Å²) in [5, 5.41) is 3.97. The lowest BCUT2D eigenvalue weighted by Gasteiger charge is -2.10. The lowest BCUT2D eigenvalue weighted by molar-refractivity contribution is 0.370. The van der Waals surface area contributed by atoms with Crippen LogP contribution >= 0.6 is 11.6 Å². The Bertz CT molecular complexity index is 418. The highest BCUT2D eigenvalue weighted by atomic mass is 35.5. The van der Waals surface area contributed by atoms with E-state index in [1.165, 1.54) is 0 Å². The molecular weight excluding hydrogens is 234 g/mol. The quantitative estimate of drug-likeness (QED) is 0.812. The molecule has 0 aliphatic heterocycles. The van der Waals surface area contributed by atoms with Crippen LogP contribution in [-0.4, -0.2) is 12.6 Å². The van der Waals surface area contributed by atoms with Crippen LogP contribution < -0.4 is 10.1 Å². The molecule has 0 bridgehead atoms. The van der Waals surface area contributed by atoms with Crippen LogP contribution in [0.25, 0.3) is 0 Å². The van der Waals surface area contributed by atoms with Crippen molar-refractivity contribution in [2.75, 3.05) is 6.61 Å². The average Bonchev–Trinajstić information content (AvgIpc) is 2.29. The predicted molar refractivity (Wildman–Crippen MR) is 72.4 cm³/mol. The number of rotatable bonds is 5. The third kappa shape index (κ3) is 5.12. The highest BCUT2D eigenvalue weighted by molar-refractivity contribution is 6.32. The molecule has 17 heavy (non-hydrogen) atoms. The average molecular weight is 252 g/mol. The van der Waals surface area contributed by atoms with Crippen LogP contribution in [0.3, 0.4) is 0 Å². The third-order valence-corrected chi connectivity index (χ3v) is 2.48. The van der Waals surface area contributed by atoms with E-state index in [2.05, 4.69) is 31.0 Å². The molecule has 0 heterocycles. The first kappa shape index (κ1) is 13.9. The van der Waals surface area contributed by atoms with Crippen LogP contribution in [0.15, 0.2) is 18.2 Å². The molecule has 92 valence electrons. The Morgan fingerprint density at radius 1 is 1.41 bits per heavy atom. The number of nitrogens with one attached hydrogen (secondary N) is 1. The van der Waals surface area contributed by atoms with Crippen molar-refractivity contribution in [3.63, 3.8) is 0 Å². The van der Waals surface area contributed by atoms with Crippen LogP contribution in [-0.2, 0) is 6.54 Å². The maximum absolute atomic E-state index is 6.12. The van der Waals surface area contributed by atoms with Crippen molar-refractivity contribution >= 4 is 11.6 Å². The molecule has 1 aromatic carbocycles. The van der Waals surface area contributed by atoms with E-state index < -0.39 is 0 Å². The van der Waals surface area contributed by atoms with Gasteiger partial charge in [0.15, 0.2) is 0 Å². The molecule has 2 nitrogen and oxygen atoms in total. The smallest absolute Gasteiger partial charge is 0.149 e. The predicted octanol–water partition coefficient (Wildman–Crippen LogP) is 3.24.